The van der Waals surface area contributed by atoms with Crippen molar-refractivity contribution in [2.75, 3.05) is 36.0 Å². The molecule has 0 aliphatic carbocycles. The molecular formula is C25H20FN7O. The molecule has 8 nitrogen and oxygen atoms in total. The maximum Gasteiger partial charge on any atom is 0.286 e. The second-order valence-corrected chi connectivity index (χ2v) is 7.97. The molecule has 6 rings (SSSR count). The maximum absolute atomic E-state index is 13.3. The minimum atomic E-state index is -0.325. The van der Waals surface area contributed by atoms with Gasteiger partial charge in [-0.25, -0.2) is 19.3 Å². The van der Waals surface area contributed by atoms with E-state index in [0.717, 1.165) is 48.7 Å². The Morgan fingerprint density at radius 1 is 0.735 bits per heavy atom. The fourth-order valence-electron chi connectivity index (χ4n) is 4.11. The fourth-order valence-corrected chi connectivity index (χ4v) is 4.11. The quantitative estimate of drug-likeness (QED) is 0.400. The van der Waals surface area contributed by atoms with Gasteiger partial charge in [-0.3, -0.25) is 0 Å². The third-order valence-corrected chi connectivity index (χ3v) is 5.84. The number of hydrogen-bond acceptors (Lipinski definition) is 8. The first kappa shape index (κ1) is 20.2. The molecule has 0 unspecified atom stereocenters. The smallest absolute Gasteiger partial charge is 0.286 e. The largest absolute Gasteiger partial charge is 0.413 e. The lowest BCUT2D eigenvalue weighted by Crippen LogP contribution is -2.47. The molecule has 1 aliphatic rings. The van der Waals surface area contributed by atoms with Crippen LogP contribution in [0.3, 0.4) is 0 Å². The van der Waals surface area contributed by atoms with Gasteiger partial charge in [-0.05, 0) is 48.5 Å². The lowest BCUT2D eigenvalue weighted by atomic mass is 10.2. The van der Waals surface area contributed by atoms with Gasteiger partial charge in [0.25, 0.3) is 5.89 Å². The van der Waals surface area contributed by atoms with E-state index in [2.05, 4.69) is 30.0 Å². The molecule has 4 heterocycles. The monoisotopic (exact) mass is 453 g/mol. The highest BCUT2D eigenvalue weighted by Crippen LogP contribution is 2.29. The number of benzene rings is 2. The average Bonchev–Trinajstić information content (AvgIpc) is 3.40. The van der Waals surface area contributed by atoms with Crippen LogP contribution in [0.1, 0.15) is 0 Å². The molecule has 0 spiro atoms. The summed E-state index contributed by atoms with van der Waals surface area (Å²) in [6, 6.07) is 19.8. The van der Waals surface area contributed by atoms with Crippen molar-refractivity contribution in [1.82, 2.24) is 25.1 Å². The van der Waals surface area contributed by atoms with Crippen molar-refractivity contribution in [2.24, 2.45) is 0 Å². The summed E-state index contributed by atoms with van der Waals surface area (Å²) in [7, 11) is 0. The zero-order valence-corrected chi connectivity index (χ0v) is 18.2. The summed E-state index contributed by atoms with van der Waals surface area (Å²) in [5.41, 5.74) is 1.43. The number of pyridine rings is 1. The van der Waals surface area contributed by atoms with E-state index in [0.29, 0.717) is 11.4 Å². The van der Waals surface area contributed by atoms with E-state index in [1.54, 1.807) is 12.1 Å². The van der Waals surface area contributed by atoms with Crippen LogP contribution in [0, 0.1) is 5.82 Å². The van der Waals surface area contributed by atoms with Gasteiger partial charge in [0, 0.05) is 43.3 Å². The van der Waals surface area contributed by atoms with Crippen molar-refractivity contribution in [1.29, 1.82) is 0 Å². The molecule has 9 heteroatoms. The minimum Gasteiger partial charge on any atom is -0.413 e. The van der Waals surface area contributed by atoms with Gasteiger partial charge in [-0.1, -0.05) is 18.2 Å². The van der Waals surface area contributed by atoms with Crippen molar-refractivity contribution < 1.29 is 8.81 Å². The predicted octanol–water partition coefficient (Wildman–Crippen LogP) is 4.21. The maximum atomic E-state index is 13.3. The van der Waals surface area contributed by atoms with E-state index in [4.69, 9.17) is 9.40 Å². The number of rotatable bonds is 4. The van der Waals surface area contributed by atoms with E-state index >= 15 is 0 Å². The van der Waals surface area contributed by atoms with E-state index in [9.17, 15) is 4.39 Å². The van der Waals surface area contributed by atoms with E-state index in [1.807, 2.05) is 48.7 Å². The molecule has 5 aromatic rings. The van der Waals surface area contributed by atoms with E-state index in [1.165, 1.54) is 12.1 Å². The van der Waals surface area contributed by atoms with E-state index in [-0.39, 0.29) is 17.6 Å². The SMILES string of the molecule is Fc1ccc(-c2nnc(-c3nc(N4CCN(c5ccccn5)CC4)c4ccccc4n3)o2)cc1. The Balaban J connectivity index is 1.32. The van der Waals surface area contributed by atoms with Crippen molar-refractivity contribution in [2.45, 2.75) is 0 Å². The normalized spacial score (nSPS) is 14.0. The molecule has 0 bridgehead atoms. The van der Waals surface area contributed by atoms with Crippen LogP contribution in [-0.2, 0) is 0 Å². The van der Waals surface area contributed by atoms with Crippen LogP contribution in [0.4, 0.5) is 16.0 Å². The van der Waals surface area contributed by atoms with E-state index < -0.39 is 0 Å². The standard InChI is InChI=1S/C25H20FN7O/c26-18-10-8-17(9-11-18)24-30-31-25(34-24)22-28-20-6-2-1-5-19(20)23(29-22)33-15-13-32(14-16-33)21-7-3-4-12-27-21/h1-12H,13-16H2. The summed E-state index contributed by atoms with van der Waals surface area (Å²) in [5, 5.41) is 9.24. The number of piperazine rings is 1. The first-order chi connectivity index (χ1) is 16.7. The third-order valence-electron chi connectivity index (χ3n) is 5.84. The lowest BCUT2D eigenvalue weighted by molar-refractivity contribution is 0.578. The molecule has 1 saturated heterocycles. The van der Waals surface area contributed by atoms with Crippen LogP contribution >= 0.6 is 0 Å². The highest BCUT2D eigenvalue weighted by molar-refractivity contribution is 5.90. The summed E-state index contributed by atoms with van der Waals surface area (Å²) in [6.07, 6.45) is 1.82. The molecule has 3 aromatic heterocycles. The molecule has 0 amide bonds. The second kappa shape index (κ2) is 8.51. The highest BCUT2D eigenvalue weighted by Gasteiger charge is 2.23. The molecule has 0 atom stereocenters. The molecule has 0 N–H and O–H groups in total. The van der Waals surface area contributed by atoms with Crippen LogP contribution in [0.5, 0.6) is 0 Å². The number of fused-ring (bicyclic) bond motifs is 1. The Bertz CT molecular complexity index is 1430. The molecule has 1 fully saturated rings. The Morgan fingerprint density at radius 2 is 1.47 bits per heavy atom. The van der Waals surface area contributed by atoms with Crippen LogP contribution in [0.15, 0.2) is 77.3 Å². The first-order valence-corrected chi connectivity index (χ1v) is 11.0. The second-order valence-electron chi connectivity index (χ2n) is 7.97. The minimum absolute atomic E-state index is 0.221. The van der Waals surface area contributed by atoms with Gasteiger partial charge in [0.05, 0.1) is 5.52 Å². The number of anilines is 2. The van der Waals surface area contributed by atoms with Gasteiger partial charge < -0.3 is 14.2 Å². The Labute approximate surface area is 194 Å². The van der Waals surface area contributed by atoms with Crippen molar-refractivity contribution >= 4 is 22.5 Å². The molecule has 0 radical (unpaired) electrons. The Kier molecular flexibility index (Phi) is 5.06. The van der Waals surface area contributed by atoms with Gasteiger partial charge in [0.15, 0.2) is 0 Å². The van der Waals surface area contributed by atoms with Crippen LogP contribution in [-0.4, -0.2) is 51.3 Å². The summed E-state index contributed by atoms with van der Waals surface area (Å²) < 4.78 is 19.1. The molecule has 34 heavy (non-hydrogen) atoms. The van der Waals surface area contributed by atoms with Gasteiger partial charge in [-0.15, -0.1) is 10.2 Å². The first-order valence-electron chi connectivity index (χ1n) is 11.0. The molecular weight excluding hydrogens is 433 g/mol. The summed E-state index contributed by atoms with van der Waals surface area (Å²) >= 11 is 0. The van der Waals surface area contributed by atoms with Crippen LogP contribution in [0.25, 0.3) is 34.1 Å². The van der Waals surface area contributed by atoms with Crippen molar-refractivity contribution in [3.63, 3.8) is 0 Å². The third kappa shape index (κ3) is 3.81. The Morgan fingerprint density at radius 3 is 2.26 bits per heavy atom. The zero-order chi connectivity index (χ0) is 22.9. The topological polar surface area (TPSA) is 84.1 Å². The number of aromatic nitrogens is 5. The van der Waals surface area contributed by atoms with Gasteiger partial charge in [-0.2, -0.15) is 0 Å². The summed E-state index contributed by atoms with van der Waals surface area (Å²) in [6.45, 7) is 3.25. The van der Waals surface area contributed by atoms with Gasteiger partial charge >= 0.3 is 0 Å². The number of nitrogens with zero attached hydrogens (tertiary/aromatic N) is 7. The summed E-state index contributed by atoms with van der Waals surface area (Å²) in [4.78, 5) is 18.5. The fraction of sp³-hybridized carbons (Fsp3) is 0.160. The molecule has 168 valence electrons. The van der Waals surface area contributed by atoms with Crippen LogP contribution < -0.4 is 9.80 Å². The molecule has 2 aromatic carbocycles. The predicted molar refractivity (Wildman–Crippen MR) is 127 cm³/mol. The zero-order valence-electron chi connectivity index (χ0n) is 18.2. The van der Waals surface area contributed by atoms with Crippen molar-refractivity contribution in [3.8, 4) is 23.2 Å². The van der Waals surface area contributed by atoms with Gasteiger partial charge in [0.1, 0.15) is 17.5 Å². The van der Waals surface area contributed by atoms with Crippen molar-refractivity contribution in [3.05, 3.63) is 78.7 Å². The summed E-state index contributed by atoms with van der Waals surface area (Å²) in [5.74, 6) is 2.36. The number of para-hydroxylation sites is 1. The van der Waals surface area contributed by atoms with Gasteiger partial charge in [0.2, 0.25) is 11.7 Å². The lowest BCUT2D eigenvalue weighted by Gasteiger charge is -2.36. The molecule has 1 aliphatic heterocycles. The number of halogens is 1. The van der Waals surface area contributed by atoms with Crippen LogP contribution in [0.2, 0.25) is 0 Å². The average molecular weight is 453 g/mol. The Hall–Kier alpha value is -4.40. The highest BCUT2D eigenvalue weighted by atomic mass is 19.1. The molecule has 0 saturated carbocycles. The number of hydrogen-bond donors (Lipinski definition) is 0.